The summed E-state index contributed by atoms with van der Waals surface area (Å²) in [6, 6.07) is 5.98. The minimum absolute atomic E-state index is 0.242. The van der Waals surface area contributed by atoms with E-state index >= 15 is 0 Å². The Morgan fingerprint density at radius 3 is 2.75 bits per heavy atom. The van der Waals surface area contributed by atoms with Gasteiger partial charge in [-0.05, 0) is 38.6 Å². The molecule has 112 valence electrons. The van der Waals surface area contributed by atoms with E-state index in [1.54, 1.807) is 0 Å². The van der Waals surface area contributed by atoms with Gasteiger partial charge in [0.25, 0.3) is 0 Å². The van der Waals surface area contributed by atoms with Crippen LogP contribution in [-0.2, 0) is 6.54 Å². The maximum Gasteiger partial charge on any atom is 0.144 e. The summed E-state index contributed by atoms with van der Waals surface area (Å²) in [6.45, 7) is 5.88. The second-order valence-corrected chi connectivity index (χ2v) is 5.89. The molecule has 0 bridgehead atoms. The predicted molar refractivity (Wildman–Crippen MR) is 81.6 cm³/mol. The zero-order valence-electron chi connectivity index (χ0n) is 12.7. The first-order valence-electron chi connectivity index (χ1n) is 7.02. The van der Waals surface area contributed by atoms with Crippen LogP contribution in [0.2, 0.25) is 0 Å². The molecule has 5 heteroatoms. The quantitative estimate of drug-likeness (QED) is 0.252. The van der Waals surface area contributed by atoms with Crippen LogP contribution in [0, 0.1) is 5.41 Å². The van der Waals surface area contributed by atoms with Crippen LogP contribution in [0.15, 0.2) is 29.6 Å². The Morgan fingerprint density at radius 1 is 1.40 bits per heavy atom. The first kappa shape index (κ1) is 16.4. The molecule has 0 saturated carbocycles. The van der Waals surface area contributed by atoms with Gasteiger partial charge in [0.1, 0.15) is 5.84 Å². The monoisotopic (exact) mass is 278 g/mol. The molecule has 0 aliphatic carbocycles. The zero-order chi connectivity index (χ0) is 15.0. The normalized spacial score (nSPS) is 12.9. The van der Waals surface area contributed by atoms with E-state index in [9.17, 15) is 0 Å². The van der Waals surface area contributed by atoms with E-state index in [-0.39, 0.29) is 5.41 Å². The summed E-state index contributed by atoms with van der Waals surface area (Å²) >= 11 is 0. The lowest BCUT2D eigenvalue weighted by molar-refractivity contribution is 0.294. The van der Waals surface area contributed by atoms with E-state index < -0.39 is 0 Å². The molecule has 0 aliphatic heterocycles. The van der Waals surface area contributed by atoms with Gasteiger partial charge in [-0.25, -0.2) is 0 Å². The SMILES string of the molecule is CN(CCCCC(C)(C)/C(N)=N/O)Cc1ccccn1. The highest BCUT2D eigenvalue weighted by Crippen LogP contribution is 2.23. The molecule has 1 aromatic rings. The van der Waals surface area contributed by atoms with Crippen molar-refractivity contribution < 1.29 is 5.21 Å². The summed E-state index contributed by atoms with van der Waals surface area (Å²) in [5.74, 6) is 0.305. The van der Waals surface area contributed by atoms with Crippen LogP contribution < -0.4 is 5.73 Å². The van der Waals surface area contributed by atoms with Crippen molar-refractivity contribution in [1.82, 2.24) is 9.88 Å². The fourth-order valence-corrected chi connectivity index (χ4v) is 2.06. The van der Waals surface area contributed by atoms with Crippen LogP contribution >= 0.6 is 0 Å². The first-order chi connectivity index (χ1) is 9.45. The molecule has 0 radical (unpaired) electrons. The minimum atomic E-state index is -0.242. The molecule has 0 spiro atoms. The van der Waals surface area contributed by atoms with Crippen LogP contribution in [0.25, 0.3) is 0 Å². The molecule has 1 heterocycles. The maximum absolute atomic E-state index is 8.73. The number of aromatic nitrogens is 1. The second kappa shape index (κ2) is 7.85. The summed E-state index contributed by atoms with van der Waals surface area (Å²) in [6.07, 6.45) is 4.88. The smallest absolute Gasteiger partial charge is 0.144 e. The molecular formula is C15H26N4O. The lowest BCUT2D eigenvalue weighted by atomic mass is 9.86. The highest BCUT2D eigenvalue weighted by molar-refractivity contribution is 5.85. The Morgan fingerprint density at radius 2 is 2.15 bits per heavy atom. The van der Waals surface area contributed by atoms with Gasteiger partial charge in [0.15, 0.2) is 0 Å². The molecule has 0 aliphatic rings. The van der Waals surface area contributed by atoms with E-state index in [1.165, 1.54) is 0 Å². The van der Waals surface area contributed by atoms with E-state index in [0.29, 0.717) is 5.84 Å². The van der Waals surface area contributed by atoms with Gasteiger partial charge in [0.2, 0.25) is 0 Å². The summed E-state index contributed by atoms with van der Waals surface area (Å²) < 4.78 is 0. The second-order valence-electron chi connectivity index (χ2n) is 5.89. The number of pyridine rings is 1. The van der Waals surface area contributed by atoms with E-state index in [0.717, 1.165) is 38.0 Å². The molecule has 1 aromatic heterocycles. The molecular weight excluding hydrogens is 252 g/mol. The lowest BCUT2D eigenvalue weighted by Gasteiger charge is -2.23. The average Bonchev–Trinajstić information content (AvgIpc) is 2.43. The molecule has 0 saturated heterocycles. The van der Waals surface area contributed by atoms with E-state index in [4.69, 9.17) is 10.9 Å². The number of nitrogens with two attached hydrogens (primary N) is 1. The van der Waals surface area contributed by atoms with Crippen LogP contribution in [0.4, 0.5) is 0 Å². The highest BCUT2D eigenvalue weighted by Gasteiger charge is 2.22. The summed E-state index contributed by atoms with van der Waals surface area (Å²) in [5.41, 5.74) is 6.52. The Hall–Kier alpha value is -1.62. The number of rotatable bonds is 8. The Labute approximate surface area is 121 Å². The standard InChI is InChI=1S/C15H26N4O/c1-15(2,14(16)18-20)9-5-7-11-19(3)12-13-8-4-6-10-17-13/h4,6,8,10,20H,5,7,9,11-12H2,1-3H3,(H2,16,18). The molecule has 3 N–H and O–H groups in total. The molecule has 0 atom stereocenters. The summed E-state index contributed by atoms with van der Waals surface area (Å²) in [5, 5.41) is 11.8. The van der Waals surface area contributed by atoms with Crippen molar-refractivity contribution in [3.05, 3.63) is 30.1 Å². The van der Waals surface area contributed by atoms with Crippen molar-refractivity contribution in [1.29, 1.82) is 0 Å². The number of hydrogen-bond donors (Lipinski definition) is 2. The van der Waals surface area contributed by atoms with E-state index in [2.05, 4.69) is 22.1 Å². The third-order valence-electron chi connectivity index (χ3n) is 3.55. The minimum Gasteiger partial charge on any atom is -0.409 e. The third-order valence-corrected chi connectivity index (χ3v) is 3.55. The van der Waals surface area contributed by atoms with Crippen molar-refractivity contribution >= 4 is 5.84 Å². The van der Waals surface area contributed by atoms with Crippen molar-refractivity contribution in [2.24, 2.45) is 16.3 Å². The predicted octanol–water partition coefficient (Wildman–Crippen LogP) is 2.46. The Bertz CT molecular complexity index is 417. The topological polar surface area (TPSA) is 74.7 Å². The number of nitrogens with zero attached hydrogens (tertiary/aromatic N) is 3. The average molecular weight is 278 g/mol. The van der Waals surface area contributed by atoms with Gasteiger partial charge in [0, 0.05) is 18.2 Å². The van der Waals surface area contributed by atoms with Gasteiger partial charge < -0.3 is 15.8 Å². The molecule has 0 unspecified atom stereocenters. The molecule has 1 rings (SSSR count). The van der Waals surface area contributed by atoms with Crippen LogP contribution in [0.5, 0.6) is 0 Å². The number of oxime groups is 1. The number of hydrogen-bond acceptors (Lipinski definition) is 4. The third kappa shape index (κ3) is 5.57. The fraction of sp³-hybridized carbons (Fsp3) is 0.600. The maximum atomic E-state index is 8.73. The van der Waals surface area contributed by atoms with Crippen molar-refractivity contribution in [2.75, 3.05) is 13.6 Å². The fourth-order valence-electron chi connectivity index (χ4n) is 2.06. The zero-order valence-corrected chi connectivity index (χ0v) is 12.7. The van der Waals surface area contributed by atoms with Gasteiger partial charge in [-0.2, -0.15) is 0 Å². The molecule has 20 heavy (non-hydrogen) atoms. The van der Waals surface area contributed by atoms with Crippen molar-refractivity contribution in [3.63, 3.8) is 0 Å². The van der Waals surface area contributed by atoms with Gasteiger partial charge in [-0.1, -0.05) is 31.5 Å². The van der Waals surface area contributed by atoms with Gasteiger partial charge in [-0.15, -0.1) is 0 Å². The van der Waals surface area contributed by atoms with Crippen LogP contribution in [-0.4, -0.2) is 34.5 Å². The Kier molecular flexibility index (Phi) is 6.45. The van der Waals surface area contributed by atoms with Crippen molar-refractivity contribution in [3.8, 4) is 0 Å². The summed E-state index contributed by atoms with van der Waals surface area (Å²) in [7, 11) is 2.10. The number of unbranched alkanes of at least 4 members (excludes halogenated alkanes) is 1. The highest BCUT2D eigenvalue weighted by atomic mass is 16.4. The van der Waals surface area contributed by atoms with Gasteiger partial charge >= 0.3 is 0 Å². The molecule has 5 nitrogen and oxygen atoms in total. The van der Waals surface area contributed by atoms with Crippen LogP contribution in [0.1, 0.15) is 38.8 Å². The van der Waals surface area contributed by atoms with Gasteiger partial charge in [0.05, 0.1) is 5.69 Å². The van der Waals surface area contributed by atoms with E-state index in [1.807, 2.05) is 38.2 Å². The largest absolute Gasteiger partial charge is 0.409 e. The Balaban J connectivity index is 2.24. The van der Waals surface area contributed by atoms with Crippen LogP contribution in [0.3, 0.4) is 0 Å². The number of amidine groups is 1. The lowest BCUT2D eigenvalue weighted by Crippen LogP contribution is -2.32. The molecule has 0 aromatic carbocycles. The molecule has 0 amide bonds. The van der Waals surface area contributed by atoms with Crippen molar-refractivity contribution in [2.45, 2.75) is 39.7 Å². The molecule has 0 fully saturated rings. The summed E-state index contributed by atoms with van der Waals surface area (Å²) in [4.78, 5) is 6.58. The first-order valence-corrected chi connectivity index (χ1v) is 7.02. The van der Waals surface area contributed by atoms with Gasteiger partial charge in [-0.3, -0.25) is 4.98 Å².